The highest BCUT2D eigenvalue weighted by Gasteiger charge is 2.22. The predicted molar refractivity (Wildman–Crippen MR) is 99.7 cm³/mol. The lowest BCUT2D eigenvalue weighted by atomic mass is 9.98. The molecule has 2 aliphatic rings. The smallest absolute Gasteiger partial charge is 0.193 e. The molecule has 128 valence electrons. The van der Waals surface area contributed by atoms with E-state index in [2.05, 4.69) is 49.6 Å². The first-order chi connectivity index (χ1) is 11.3. The van der Waals surface area contributed by atoms with Gasteiger partial charge in [-0.15, -0.1) is 11.3 Å². The van der Waals surface area contributed by atoms with Crippen LogP contribution in [0.2, 0.25) is 0 Å². The van der Waals surface area contributed by atoms with Crippen molar-refractivity contribution in [3.05, 3.63) is 17.5 Å². The average Bonchev–Trinajstić information content (AvgIpc) is 3.11. The van der Waals surface area contributed by atoms with Crippen molar-refractivity contribution in [3.8, 4) is 0 Å². The fourth-order valence-corrected chi connectivity index (χ4v) is 4.38. The highest BCUT2D eigenvalue weighted by atomic mass is 32.1. The standard InChI is InChI=1S/C17H29N5S/c1-18-17(19-13-15-5-3-7-20(2)14-15)22-10-8-21(9-11-22)16-6-4-12-23-16/h4,6,12,15H,3,5,7-11,13-14H2,1-2H3,(H,18,19). The zero-order valence-corrected chi connectivity index (χ0v) is 15.2. The number of piperidine rings is 1. The summed E-state index contributed by atoms with van der Waals surface area (Å²) in [4.78, 5) is 11.8. The van der Waals surface area contributed by atoms with Gasteiger partial charge in [0, 0.05) is 46.3 Å². The summed E-state index contributed by atoms with van der Waals surface area (Å²) in [6, 6.07) is 4.35. The molecule has 0 spiro atoms. The van der Waals surface area contributed by atoms with Crippen LogP contribution in [0.15, 0.2) is 22.5 Å². The summed E-state index contributed by atoms with van der Waals surface area (Å²) in [5.74, 6) is 1.82. The third-order valence-corrected chi connectivity index (χ3v) is 5.81. The Hall–Kier alpha value is -1.27. The number of piperazine rings is 1. The van der Waals surface area contributed by atoms with Crippen molar-refractivity contribution in [2.75, 3.05) is 64.8 Å². The van der Waals surface area contributed by atoms with Crippen LogP contribution in [-0.4, -0.2) is 75.7 Å². The minimum Gasteiger partial charge on any atom is -0.360 e. The molecule has 0 radical (unpaired) electrons. The van der Waals surface area contributed by atoms with Gasteiger partial charge < -0.3 is 20.0 Å². The molecule has 0 amide bonds. The molecule has 0 bridgehead atoms. The lowest BCUT2D eigenvalue weighted by molar-refractivity contribution is 0.209. The predicted octanol–water partition coefficient (Wildman–Crippen LogP) is 1.79. The van der Waals surface area contributed by atoms with Crippen LogP contribution in [0.1, 0.15) is 12.8 Å². The fraction of sp³-hybridized carbons (Fsp3) is 0.706. The molecule has 2 saturated heterocycles. The first kappa shape index (κ1) is 16.6. The van der Waals surface area contributed by atoms with Crippen molar-refractivity contribution in [3.63, 3.8) is 0 Å². The number of likely N-dealkylation sites (tertiary alicyclic amines) is 1. The van der Waals surface area contributed by atoms with Gasteiger partial charge in [-0.25, -0.2) is 0 Å². The van der Waals surface area contributed by atoms with Crippen LogP contribution in [-0.2, 0) is 0 Å². The van der Waals surface area contributed by atoms with Crippen molar-refractivity contribution in [2.45, 2.75) is 12.8 Å². The molecule has 2 fully saturated rings. The lowest BCUT2D eigenvalue weighted by Crippen LogP contribution is -2.53. The average molecular weight is 336 g/mol. The minimum absolute atomic E-state index is 0.748. The van der Waals surface area contributed by atoms with E-state index in [0.29, 0.717) is 0 Å². The molecule has 0 saturated carbocycles. The first-order valence-corrected chi connectivity index (χ1v) is 9.57. The number of guanidine groups is 1. The van der Waals surface area contributed by atoms with E-state index in [4.69, 9.17) is 0 Å². The summed E-state index contributed by atoms with van der Waals surface area (Å²) in [7, 11) is 4.13. The highest BCUT2D eigenvalue weighted by molar-refractivity contribution is 7.14. The third-order valence-electron chi connectivity index (χ3n) is 4.88. The first-order valence-electron chi connectivity index (χ1n) is 8.69. The second-order valence-corrected chi connectivity index (χ2v) is 7.55. The second-order valence-electron chi connectivity index (χ2n) is 6.62. The number of aliphatic imine (C=N–C) groups is 1. The maximum Gasteiger partial charge on any atom is 0.193 e. The van der Waals surface area contributed by atoms with Gasteiger partial charge in [-0.05, 0) is 49.9 Å². The topological polar surface area (TPSA) is 34.1 Å². The third kappa shape index (κ3) is 4.38. The van der Waals surface area contributed by atoms with Crippen molar-refractivity contribution >= 4 is 22.3 Å². The molecule has 1 unspecified atom stereocenters. The molecule has 0 aromatic carbocycles. The Balaban J connectivity index is 1.46. The normalized spacial score (nSPS) is 24.1. The Morgan fingerprint density at radius 1 is 1.30 bits per heavy atom. The monoisotopic (exact) mass is 335 g/mol. The van der Waals surface area contributed by atoms with Gasteiger partial charge >= 0.3 is 0 Å². The largest absolute Gasteiger partial charge is 0.360 e. The van der Waals surface area contributed by atoms with E-state index in [1.54, 1.807) is 0 Å². The molecule has 1 aromatic rings. The summed E-state index contributed by atoms with van der Waals surface area (Å²) in [6.45, 7) is 7.74. The molecule has 0 aliphatic carbocycles. The van der Waals surface area contributed by atoms with E-state index >= 15 is 0 Å². The maximum atomic E-state index is 4.50. The SMILES string of the molecule is CN=C(NCC1CCCN(C)C1)N1CCN(c2cccs2)CC1. The molecule has 6 heteroatoms. The van der Waals surface area contributed by atoms with Crippen LogP contribution in [0, 0.1) is 5.92 Å². The Morgan fingerprint density at radius 2 is 2.13 bits per heavy atom. The van der Waals surface area contributed by atoms with E-state index in [1.807, 2.05) is 18.4 Å². The molecular formula is C17H29N5S. The number of nitrogens with zero attached hydrogens (tertiary/aromatic N) is 4. The molecule has 5 nitrogen and oxygen atoms in total. The highest BCUT2D eigenvalue weighted by Crippen LogP contribution is 2.22. The lowest BCUT2D eigenvalue weighted by Gasteiger charge is -2.37. The molecule has 23 heavy (non-hydrogen) atoms. The van der Waals surface area contributed by atoms with E-state index in [-0.39, 0.29) is 0 Å². The number of anilines is 1. The van der Waals surface area contributed by atoms with Crippen LogP contribution in [0.3, 0.4) is 0 Å². The number of thiophene rings is 1. The molecule has 1 N–H and O–H groups in total. The molecule has 3 heterocycles. The number of hydrogen-bond donors (Lipinski definition) is 1. The van der Waals surface area contributed by atoms with Crippen molar-refractivity contribution in [2.24, 2.45) is 10.9 Å². The maximum absolute atomic E-state index is 4.50. The second kappa shape index (κ2) is 8.02. The van der Waals surface area contributed by atoms with Gasteiger partial charge in [-0.3, -0.25) is 4.99 Å². The van der Waals surface area contributed by atoms with Crippen LogP contribution < -0.4 is 10.2 Å². The Kier molecular flexibility index (Phi) is 5.78. The van der Waals surface area contributed by atoms with Crippen LogP contribution in [0.5, 0.6) is 0 Å². The van der Waals surface area contributed by atoms with Crippen LogP contribution in [0.4, 0.5) is 5.00 Å². The van der Waals surface area contributed by atoms with Gasteiger partial charge in [0.25, 0.3) is 0 Å². The van der Waals surface area contributed by atoms with Gasteiger partial charge in [-0.1, -0.05) is 0 Å². The number of nitrogens with one attached hydrogen (secondary N) is 1. The zero-order chi connectivity index (χ0) is 16.1. The van der Waals surface area contributed by atoms with Gasteiger partial charge in [0.15, 0.2) is 5.96 Å². The summed E-state index contributed by atoms with van der Waals surface area (Å²) >= 11 is 1.83. The van der Waals surface area contributed by atoms with Crippen LogP contribution in [0.25, 0.3) is 0 Å². The molecule has 1 atom stereocenters. The summed E-state index contributed by atoms with van der Waals surface area (Å²) in [6.07, 6.45) is 2.65. The van der Waals surface area contributed by atoms with E-state index < -0.39 is 0 Å². The van der Waals surface area contributed by atoms with Gasteiger partial charge in [0.2, 0.25) is 0 Å². The molecule has 1 aromatic heterocycles. The Morgan fingerprint density at radius 3 is 2.78 bits per heavy atom. The molecular weight excluding hydrogens is 306 g/mol. The molecule has 3 rings (SSSR count). The quantitative estimate of drug-likeness (QED) is 0.675. The number of hydrogen-bond acceptors (Lipinski definition) is 4. The van der Waals surface area contributed by atoms with Gasteiger partial charge in [0.1, 0.15) is 0 Å². The van der Waals surface area contributed by atoms with Crippen molar-refractivity contribution in [1.82, 2.24) is 15.1 Å². The Bertz CT molecular complexity index is 493. The van der Waals surface area contributed by atoms with Gasteiger partial charge in [0.05, 0.1) is 5.00 Å². The number of rotatable bonds is 3. The van der Waals surface area contributed by atoms with Crippen molar-refractivity contribution in [1.29, 1.82) is 0 Å². The summed E-state index contributed by atoms with van der Waals surface area (Å²) in [5, 5.41) is 7.16. The van der Waals surface area contributed by atoms with E-state index in [9.17, 15) is 0 Å². The zero-order valence-electron chi connectivity index (χ0n) is 14.4. The van der Waals surface area contributed by atoms with Gasteiger partial charge in [-0.2, -0.15) is 0 Å². The summed E-state index contributed by atoms with van der Waals surface area (Å²) in [5.41, 5.74) is 0. The molecule has 2 aliphatic heterocycles. The Labute approximate surface area is 144 Å². The summed E-state index contributed by atoms with van der Waals surface area (Å²) < 4.78 is 0. The van der Waals surface area contributed by atoms with E-state index in [1.165, 1.54) is 30.9 Å². The van der Waals surface area contributed by atoms with Crippen LogP contribution >= 0.6 is 11.3 Å². The minimum atomic E-state index is 0.748. The fourth-order valence-electron chi connectivity index (χ4n) is 3.60. The van der Waals surface area contributed by atoms with E-state index in [0.717, 1.165) is 44.6 Å². The van der Waals surface area contributed by atoms with Crippen molar-refractivity contribution < 1.29 is 0 Å².